The lowest BCUT2D eigenvalue weighted by molar-refractivity contribution is -0.141. The predicted molar refractivity (Wildman–Crippen MR) is 83.5 cm³/mol. The summed E-state index contributed by atoms with van der Waals surface area (Å²) in [5, 5.41) is 7.77. The number of piperidine rings is 1. The molecule has 2 heterocycles. The van der Waals surface area contributed by atoms with E-state index in [1.807, 2.05) is 0 Å². The number of imidazole rings is 1. The van der Waals surface area contributed by atoms with Crippen molar-refractivity contribution in [1.82, 2.24) is 20.6 Å². The van der Waals surface area contributed by atoms with Gasteiger partial charge in [0.05, 0.1) is 17.4 Å². The zero-order chi connectivity index (χ0) is 16.2. The van der Waals surface area contributed by atoms with Crippen LogP contribution in [-0.2, 0) is 14.4 Å². The standard InChI is InChI=1S/C15H17N5O3/c21-13(9-3-5-16-6-4-9)20-15(23)14(22)19-10-1-2-11-12(7-10)18-8-17-11/h1-2,7-9,16H,3-6H2,(H,17,18)(H,19,22)(H,20,21,23). The van der Waals surface area contributed by atoms with Crippen LogP contribution in [-0.4, -0.2) is 40.8 Å². The zero-order valence-electron chi connectivity index (χ0n) is 12.4. The van der Waals surface area contributed by atoms with Gasteiger partial charge in [-0.1, -0.05) is 0 Å². The fourth-order valence-electron chi connectivity index (χ4n) is 2.56. The molecule has 0 spiro atoms. The van der Waals surface area contributed by atoms with Crippen LogP contribution in [0.15, 0.2) is 24.5 Å². The smallest absolute Gasteiger partial charge is 0.316 e. The summed E-state index contributed by atoms with van der Waals surface area (Å²) in [6.45, 7) is 1.48. The molecule has 0 atom stereocenters. The van der Waals surface area contributed by atoms with Crippen molar-refractivity contribution in [1.29, 1.82) is 0 Å². The van der Waals surface area contributed by atoms with Crippen LogP contribution in [0.5, 0.6) is 0 Å². The van der Waals surface area contributed by atoms with Crippen molar-refractivity contribution < 1.29 is 14.4 Å². The second-order valence-electron chi connectivity index (χ2n) is 5.43. The fraction of sp³-hybridized carbons (Fsp3) is 0.333. The minimum absolute atomic E-state index is 0.227. The summed E-state index contributed by atoms with van der Waals surface area (Å²) in [5.74, 6) is -2.44. The van der Waals surface area contributed by atoms with E-state index in [4.69, 9.17) is 0 Å². The Labute approximate surface area is 132 Å². The van der Waals surface area contributed by atoms with Crippen molar-refractivity contribution in [3.8, 4) is 0 Å². The lowest BCUT2D eigenvalue weighted by Gasteiger charge is -2.21. The number of rotatable bonds is 2. The van der Waals surface area contributed by atoms with E-state index in [0.29, 0.717) is 18.5 Å². The van der Waals surface area contributed by atoms with Crippen molar-refractivity contribution >= 4 is 34.4 Å². The summed E-state index contributed by atoms with van der Waals surface area (Å²) in [6, 6.07) is 5.03. The number of fused-ring (bicyclic) bond motifs is 1. The minimum Gasteiger partial charge on any atom is -0.345 e. The highest BCUT2D eigenvalue weighted by Crippen LogP contribution is 2.15. The summed E-state index contributed by atoms with van der Waals surface area (Å²) in [7, 11) is 0. The highest BCUT2D eigenvalue weighted by molar-refractivity contribution is 6.42. The number of imide groups is 1. The van der Waals surface area contributed by atoms with Crippen LogP contribution in [0, 0.1) is 5.92 Å². The largest absolute Gasteiger partial charge is 0.345 e. The van der Waals surface area contributed by atoms with Gasteiger partial charge in [0.1, 0.15) is 0 Å². The topological polar surface area (TPSA) is 116 Å². The molecule has 1 aromatic carbocycles. The molecule has 0 saturated carbocycles. The molecule has 1 saturated heterocycles. The van der Waals surface area contributed by atoms with Crippen molar-refractivity contribution in [3.05, 3.63) is 24.5 Å². The predicted octanol–water partition coefficient (Wildman–Crippen LogP) is 0.144. The van der Waals surface area contributed by atoms with Gasteiger partial charge >= 0.3 is 11.8 Å². The van der Waals surface area contributed by atoms with E-state index in [2.05, 4.69) is 25.9 Å². The van der Waals surface area contributed by atoms with Gasteiger partial charge in [0.2, 0.25) is 5.91 Å². The molecule has 0 bridgehead atoms. The van der Waals surface area contributed by atoms with Crippen molar-refractivity contribution in [2.24, 2.45) is 5.92 Å². The number of aromatic nitrogens is 2. The van der Waals surface area contributed by atoms with Crippen LogP contribution in [0.1, 0.15) is 12.8 Å². The summed E-state index contributed by atoms with van der Waals surface area (Å²) in [5.41, 5.74) is 1.96. The van der Waals surface area contributed by atoms with Crippen LogP contribution in [0.4, 0.5) is 5.69 Å². The maximum absolute atomic E-state index is 12.0. The molecule has 4 N–H and O–H groups in total. The average molecular weight is 315 g/mol. The summed E-state index contributed by atoms with van der Waals surface area (Å²) in [6.07, 6.45) is 2.87. The summed E-state index contributed by atoms with van der Waals surface area (Å²) < 4.78 is 0. The van der Waals surface area contributed by atoms with E-state index in [0.717, 1.165) is 24.1 Å². The number of H-pyrrole nitrogens is 1. The summed E-state index contributed by atoms with van der Waals surface area (Å²) >= 11 is 0. The number of carbonyl (C=O) groups excluding carboxylic acids is 3. The maximum atomic E-state index is 12.0. The van der Waals surface area contributed by atoms with Crippen LogP contribution >= 0.6 is 0 Å². The Balaban J connectivity index is 1.58. The van der Waals surface area contributed by atoms with Crippen LogP contribution in [0.3, 0.4) is 0 Å². The first kappa shape index (κ1) is 15.2. The second kappa shape index (κ2) is 6.57. The van der Waals surface area contributed by atoms with E-state index >= 15 is 0 Å². The van der Waals surface area contributed by atoms with E-state index in [1.165, 1.54) is 0 Å². The van der Waals surface area contributed by atoms with Crippen molar-refractivity contribution in [2.75, 3.05) is 18.4 Å². The number of nitrogens with zero attached hydrogens (tertiary/aromatic N) is 1. The first-order valence-corrected chi connectivity index (χ1v) is 7.43. The van der Waals surface area contributed by atoms with Gasteiger partial charge in [-0.25, -0.2) is 4.98 Å². The molecule has 1 fully saturated rings. The first-order valence-electron chi connectivity index (χ1n) is 7.43. The third-order valence-electron chi connectivity index (χ3n) is 3.83. The molecule has 23 heavy (non-hydrogen) atoms. The molecule has 0 aliphatic carbocycles. The fourth-order valence-corrected chi connectivity index (χ4v) is 2.56. The molecule has 3 amide bonds. The zero-order valence-corrected chi connectivity index (χ0v) is 12.4. The molecule has 0 radical (unpaired) electrons. The van der Waals surface area contributed by atoms with E-state index in [9.17, 15) is 14.4 Å². The highest BCUT2D eigenvalue weighted by Gasteiger charge is 2.25. The Morgan fingerprint density at radius 2 is 1.91 bits per heavy atom. The van der Waals surface area contributed by atoms with E-state index in [-0.39, 0.29) is 5.92 Å². The average Bonchev–Trinajstić information content (AvgIpc) is 3.03. The van der Waals surface area contributed by atoms with E-state index in [1.54, 1.807) is 24.5 Å². The molecule has 1 aliphatic rings. The molecule has 8 nitrogen and oxygen atoms in total. The number of amides is 3. The third kappa shape index (κ3) is 3.54. The van der Waals surface area contributed by atoms with Crippen LogP contribution in [0.25, 0.3) is 11.0 Å². The first-order chi connectivity index (χ1) is 11.1. The molecule has 1 aliphatic heterocycles. The molecule has 3 rings (SSSR count). The number of anilines is 1. The normalized spacial score (nSPS) is 15.3. The maximum Gasteiger partial charge on any atom is 0.316 e. The van der Waals surface area contributed by atoms with Crippen molar-refractivity contribution in [2.45, 2.75) is 12.8 Å². The Morgan fingerprint density at radius 1 is 1.13 bits per heavy atom. The van der Waals surface area contributed by atoms with E-state index < -0.39 is 17.7 Å². The monoisotopic (exact) mass is 315 g/mol. The number of hydrogen-bond acceptors (Lipinski definition) is 5. The van der Waals surface area contributed by atoms with Gasteiger partial charge in [0, 0.05) is 11.6 Å². The number of aromatic amines is 1. The third-order valence-corrected chi connectivity index (χ3v) is 3.83. The number of benzene rings is 1. The molecule has 0 unspecified atom stereocenters. The van der Waals surface area contributed by atoms with Crippen molar-refractivity contribution in [3.63, 3.8) is 0 Å². The lowest BCUT2D eigenvalue weighted by atomic mass is 9.97. The van der Waals surface area contributed by atoms with Gasteiger partial charge < -0.3 is 15.6 Å². The number of hydrogen-bond donors (Lipinski definition) is 4. The lowest BCUT2D eigenvalue weighted by Crippen LogP contribution is -2.44. The number of nitrogens with one attached hydrogen (secondary N) is 4. The van der Waals surface area contributed by atoms with Gasteiger partial charge in [0.25, 0.3) is 0 Å². The molecule has 8 heteroatoms. The van der Waals surface area contributed by atoms with Crippen LogP contribution < -0.4 is 16.0 Å². The van der Waals surface area contributed by atoms with Gasteiger partial charge in [-0.15, -0.1) is 0 Å². The Bertz CT molecular complexity index is 748. The highest BCUT2D eigenvalue weighted by atomic mass is 16.2. The molecule has 120 valence electrons. The van der Waals surface area contributed by atoms with Crippen LogP contribution in [0.2, 0.25) is 0 Å². The SMILES string of the molecule is O=C(NC(=O)C1CCNCC1)C(=O)Nc1ccc2nc[nH]c2c1. The quantitative estimate of drug-likeness (QED) is 0.589. The second-order valence-corrected chi connectivity index (χ2v) is 5.43. The molecular formula is C15H17N5O3. The minimum atomic E-state index is -0.946. The number of carbonyl (C=O) groups is 3. The summed E-state index contributed by atoms with van der Waals surface area (Å²) in [4.78, 5) is 42.7. The molecule has 2 aromatic rings. The Morgan fingerprint density at radius 3 is 2.70 bits per heavy atom. The Hall–Kier alpha value is -2.74. The van der Waals surface area contributed by atoms with Gasteiger partial charge in [-0.3, -0.25) is 19.7 Å². The molecule has 1 aromatic heterocycles. The van der Waals surface area contributed by atoms with Gasteiger partial charge in [-0.2, -0.15) is 0 Å². The van der Waals surface area contributed by atoms with Gasteiger partial charge in [0.15, 0.2) is 0 Å². The molecular weight excluding hydrogens is 298 g/mol. The Kier molecular flexibility index (Phi) is 4.33. The van der Waals surface area contributed by atoms with Gasteiger partial charge in [-0.05, 0) is 44.1 Å².